The molecule has 7 heteroatoms. The number of carbonyl (C=O) groups is 1. The molecule has 0 radical (unpaired) electrons. The highest BCUT2D eigenvalue weighted by Gasteiger charge is 2.28. The van der Waals surface area contributed by atoms with Gasteiger partial charge in [-0.15, -0.1) is 0 Å². The van der Waals surface area contributed by atoms with Gasteiger partial charge in [0, 0.05) is 51.1 Å². The summed E-state index contributed by atoms with van der Waals surface area (Å²) in [5.74, 6) is 2.03. The largest absolute Gasteiger partial charge is 0.497 e. The van der Waals surface area contributed by atoms with Crippen LogP contribution in [0, 0.1) is 0 Å². The third kappa shape index (κ3) is 7.77. The number of rotatable bonds is 12. The Bertz CT molecular complexity index is 846. The molecule has 4 rings (SSSR count). The van der Waals surface area contributed by atoms with Gasteiger partial charge >= 0.3 is 0 Å². The Morgan fingerprint density at radius 3 is 1.39 bits per heavy atom. The van der Waals surface area contributed by atoms with Gasteiger partial charge in [-0.25, -0.2) is 0 Å². The number of nitrogens with zero attached hydrogens (tertiary/aromatic N) is 2. The Morgan fingerprint density at radius 1 is 0.694 bits per heavy atom. The Hall–Kier alpha value is -2.45. The highest BCUT2D eigenvalue weighted by molar-refractivity contribution is 5.79. The number of ether oxygens (including phenoxy) is 4. The lowest BCUT2D eigenvalue weighted by molar-refractivity contribution is -0.122. The molecule has 2 saturated heterocycles. The van der Waals surface area contributed by atoms with Crippen molar-refractivity contribution in [3.05, 3.63) is 59.7 Å². The minimum Gasteiger partial charge on any atom is -0.497 e. The SMILES string of the molecule is COc1ccc(CC(CC(=O)CC(Cc2ccc(OC)cc2)N2CCOCC2)N2CCOCC2)cc1. The van der Waals surface area contributed by atoms with Crippen LogP contribution in [0.3, 0.4) is 0 Å². The average Bonchev–Trinajstić information content (AvgIpc) is 2.94. The van der Waals surface area contributed by atoms with Crippen LogP contribution in [0.15, 0.2) is 48.5 Å². The molecule has 0 saturated carbocycles. The number of carbonyl (C=O) groups excluding carboxylic acids is 1. The Balaban J connectivity index is 1.44. The fraction of sp³-hybridized carbons (Fsp3) is 0.552. The molecular formula is C29H40N2O5. The van der Waals surface area contributed by atoms with Crippen molar-refractivity contribution >= 4 is 5.78 Å². The van der Waals surface area contributed by atoms with Crippen molar-refractivity contribution in [2.24, 2.45) is 0 Å². The lowest BCUT2D eigenvalue weighted by atomic mass is 9.93. The first-order chi connectivity index (χ1) is 17.6. The molecule has 0 aromatic heterocycles. The van der Waals surface area contributed by atoms with Gasteiger partial charge in [-0.05, 0) is 48.2 Å². The van der Waals surface area contributed by atoms with Gasteiger partial charge in [0.05, 0.1) is 40.6 Å². The standard InChI is InChI=1S/C29H40N2O5/c1-33-28-7-3-23(4-8-28)19-25(30-11-15-35-16-12-30)21-27(32)22-26(31-13-17-36-18-14-31)20-24-5-9-29(34-2)10-6-24/h3-10,25-26H,11-22H2,1-2H3. The maximum absolute atomic E-state index is 13.6. The van der Waals surface area contributed by atoms with Crippen molar-refractivity contribution in [3.8, 4) is 11.5 Å². The second kappa shape index (κ2) is 13.7. The fourth-order valence-corrected chi connectivity index (χ4v) is 5.22. The van der Waals surface area contributed by atoms with Gasteiger partial charge < -0.3 is 18.9 Å². The molecule has 2 fully saturated rings. The van der Waals surface area contributed by atoms with Gasteiger partial charge in [0.25, 0.3) is 0 Å². The Labute approximate surface area is 215 Å². The van der Waals surface area contributed by atoms with E-state index in [4.69, 9.17) is 18.9 Å². The highest BCUT2D eigenvalue weighted by Crippen LogP contribution is 2.22. The number of hydrogen-bond donors (Lipinski definition) is 0. The third-order valence-electron chi connectivity index (χ3n) is 7.31. The number of benzene rings is 2. The van der Waals surface area contributed by atoms with Crippen molar-refractivity contribution in [2.45, 2.75) is 37.8 Å². The topological polar surface area (TPSA) is 60.5 Å². The average molecular weight is 497 g/mol. The summed E-state index contributed by atoms with van der Waals surface area (Å²) in [5, 5.41) is 0. The Morgan fingerprint density at radius 2 is 1.06 bits per heavy atom. The zero-order valence-electron chi connectivity index (χ0n) is 21.7. The molecule has 2 aromatic rings. The number of methoxy groups -OCH3 is 2. The van der Waals surface area contributed by atoms with Crippen LogP contribution in [-0.2, 0) is 27.1 Å². The molecule has 0 spiro atoms. The molecule has 2 heterocycles. The van der Waals surface area contributed by atoms with Gasteiger partial charge in [-0.3, -0.25) is 14.6 Å². The Kier molecular flexibility index (Phi) is 10.2. The molecule has 196 valence electrons. The molecule has 0 amide bonds. The molecule has 36 heavy (non-hydrogen) atoms. The quantitative estimate of drug-likeness (QED) is 0.447. The predicted octanol–water partition coefficient (Wildman–Crippen LogP) is 3.24. The molecule has 0 N–H and O–H groups in total. The van der Waals surface area contributed by atoms with Crippen LogP contribution in [0.2, 0.25) is 0 Å². The van der Waals surface area contributed by atoms with Crippen LogP contribution < -0.4 is 9.47 Å². The third-order valence-corrected chi connectivity index (χ3v) is 7.31. The second-order valence-electron chi connectivity index (χ2n) is 9.66. The molecule has 2 aromatic carbocycles. The van der Waals surface area contributed by atoms with E-state index in [0.717, 1.165) is 76.9 Å². The number of hydrogen-bond acceptors (Lipinski definition) is 7. The molecule has 2 aliphatic rings. The minimum absolute atomic E-state index is 0.168. The van der Waals surface area contributed by atoms with E-state index < -0.39 is 0 Å². The van der Waals surface area contributed by atoms with Crippen molar-refractivity contribution in [2.75, 3.05) is 66.8 Å². The van der Waals surface area contributed by atoms with Crippen LogP contribution in [0.5, 0.6) is 11.5 Å². The van der Waals surface area contributed by atoms with Gasteiger partial charge in [-0.1, -0.05) is 24.3 Å². The summed E-state index contributed by atoms with van der Waals surface area (Å²) < 4.78 is 21.8. The van der Waals surface area contributed by atoms with Crippen LogP contribution in [0.4, 0.5) is 0 Å². The van der Waals surface area contributed by atoms with Crippen LogP contribution in [-0.4, -0.2) is 94.5 Å². The summed E-state index contributed by atoms with van der Waals surface area (Å²) >= 11 is 0. The zero-order valence-corrected chi connectivity index (χ0v) is 21.7. The smallest absolute Gasteiger partial charge is 0.136 e. The summed E-state index contributed by atoms with van der Waals surface area (Å²) in [4.78, 5) is 18.4. The van der Waals surface area contributed by atoms with Gasteiger partial charge in [0.1, 0.15) is 17.3 Å². The van der Waals surface area contributed by atoms with E-state index >= 15 is 0 Å². The first-order valence-electron chi connectivity index (χ1n) is 13.1. The van der Waals surface area contributed by atoms with E-state index in [9.17, 15) is 4.79 Å². The molecule has 2 aliphatic heterocycles. The highest BCUT2D eigenvalue weighted by atomic mass is 16.5. The molecule has 7 nitrogen and oxygen atoms in total. The molecule has 0 bridgehead atoms. The van der Waals surface area contributed by atoms with Gasteiger partial charge in [0.15, 0.2) is 0 Å². The normalized spacial score (nSPS) is 18.9. The van der Waals surface area contributed by atoms with E-state index in [1.165, 1.54) is 11.1 Å². The van der Waals surface area contributed by atoms with E-state index in [1.807, 2.05) is 24.3 Å². The zero-order chi connectivity index (χ0) is 25.2. The first-order valence-corrected chi connectivity index (χ1v) is 13.1. The van der Waals surface area contributed by atoms with E-state index in [-0.39, 0.29) is 12.1 Å². The fourth-order valence-electron chi connectivity index (χ4n) is 5.22. The van der Waals surface area contributed by atoms with Crippen LogP contribution in [0.25, 0.3) is 0 Å². The van der Waals surface area contributed by atoms with Crippen molar-refractivity contribution in [1.29, 1.82) is 0 Å². The molecule has 0 aliphatic carbocycles. The lowest BCUT2D eigenvalue weighted by Crippen LogP contribution is -2.47. The van der Waals surface area contributed by atoms with Crippen molar-refractivity contribution < 1.29 is 23.7 Å². The predicted molar refractivity (Wildman–Crippen MR) is 140 cm³/mol. The minimum atomic E-state index is 0.168. The van der Waals surface area contributed by atoms with Gasteiger partial charge in [-0.2, -0.15) is 0 Å². The lowest BCUT2D eigenvalue weighted by Gasteiger charge is -2.36. The van der Waals surface area contributed by atoms with E-state index in [0.29, 0.717) is 18.6 Å². The van der Waals surface area contributed by atoms with Crippen molar-refractivity contribution in [3.63, 3.8) is 0 Å². The number of ketones is 1. The van der Waals surface area contributed by atoms with Crippen LogP contribution >= 0.6 is 0 Å². The second-order valence-corrected chi connectivity index (χ2v) is 9.66. The van der Waals surface area contributed by atoms with Gasteiger partial charge in [0.2, 0.25) is 0 Å². The summed E-state index contributed by atoms with van der Waals surface area (Å²) in [6, 6.07) is 16.8. The van der Waals surface area contributed by atoms with Crippen LogP contribution in [0.1, 0.15) is 24.0 Å². The first kappa shape index (κ1) is 26.6. The summed E-state index contributed by atoms with van der Waals surface area (Å²) in [6.07, 6.45) is 2.79. The molecular weight excluding hydrogens is 456 g/mol. The maximum Gasteiger partial charge on any atom is 0.136 e. The molecule has 2 atom stereocenters. The summed E-state index contributed by atoms with van der Waals surface area (Å²) in [6.45, 7) is 6.37. The summed E-state index contributed by atoms with van der Waals surface area (Å²) in [5.41, 5.74) is 2.45. The van der Waals surface area contributed by atoms with E-state index in [2.05, 4.69) is 34.1 Å². The number of morpholine rings is 2. The maximum atomic E-state index is 13.6. The van der Waals surface area contributed by atoms with E-state index in [1.54, 1.807) is 14.2 Å². The van der Waals surface area contributed by atoms with Crippen molar-refractivity contribution in [1.82, 2.24) is 9.80 Å². The molecule has 2 unspecified atom stereocenters. The summed E-state index contributed by atoms with van der Waals surface area (Å²) in [7, 11) is 3.36. The number of Topliss-reactive ketones (excluding diaryl/α,β-unsaturated/α-hetero) is 1. The monoisotopic (exact) mass is 496 g/mol.